The molecule has 1 aromatic rings. The first-order valence-corrected chi connectivity index (χ1v) is 6.32. The molecule has 0 spiro atoms. The molecule has 2 atom stereocenters. The van der Waals surface area contributed by atoms with Gasteiger partial charge in [-0.3, -0.25) is 4.79 Å². The minimum Gasteiger partial charge on any atom is -0.496 e. The lowest BCUT2D eigenvalue weighted by Crippen LogP contribution is -2.33. The van der Waals surface area contributed by atoms with Crippen molar-refractivity contribution in [2.45, 2.75) is 13.5 Å². The summed E-state index contributed by atoms with van der Waals surface area (Å²) >= 11 is 0. The molecule has 1 aliphatic rings. The Bertz CT molecular complexity index is 420. The van der Waals surface area contributed by atoms with Crippen molar-refractivity contribution >= 4 is 5.91 Å². The van der Waals surface area contributed by atoms with Gasteiger partial charge in [-0.05, 0) is 18.5 Å². The summed E-state index contributed by atoms with van der Waals surface area (Å²) in [6, 6.07) is 7.74. The number of carbonyl (C=O) groups excluding carboxylic acids is 1. The zero-order chi connectivity index (χ0) is 13.0. The van der Waals surface area contributed by atoms with Crippen LogP contribution in [0.5, 0.6) is 5.75 Å². The molecule has 0 radical (unpaired) electrons. The Morgan fingerprint density at radius 1 is 1.44 bits per heavy atom. The van der Waals surface area contributed by atoms with Gasteiger partial charge < -0.3 is 15.4 Å². The standard InChI is InChI=1S/C14H20N2O2/c1-10-7-15-9-12(10)14(17)16-8-11-5-3-4-6-13(11)18-2/h3-6,10,12,15H,7-9H2,1-2H3,(H,16,17). The molecular formula is C14H20N2O2. The average molecular weight is 248 g/mol. The summed E-state index contributed by atoms with van der Waals surface area (Å²) in [6.45, 7) is 4.32. The minimum absolute atomic E-state index is 0.0831. The second-order valence-electron chi connectivity index (χ2n) is 4.77. The SMILES string of the molecule is COc1ccccc1CNC(=O)C1CNCC1C. The molecule has 4 heteroatoms. The van der Waals surface area contributed by atoms with E-state index in [1.807, 2.05) is 24.3 Å². The largest absolute Gasteiger partial charge is 0.496 e. The second kappa shape index (κ2) is 5.87. The summed E-state index contributed by atoms with van der Waals surface area (Å²) in [7, 11) is 1.64. The number of methoxy groups -OCH3 is 1. The topological polar surface area (TPSA) is 50.4 Å². The number of para-hydroxylation sites is 1. The first-order chi connectivity index (χ1) is 8.72. The number of rotatable bonds is 4. The van der Waals surface area contributed by atoms with Crippen molar-refractivity contribution in [2.24, 2.45) is 11.8 Å². The summed E-state index contributed by atoms with van der Waals surface area (Å²) in [6.07, 6.45) is 0. The van der Waals surface area contributed by atoms with Gasteiger partial charge in [0.2, 0.25) is 5.91 Å². The highest BCUT2D eigenvalue weighted by molar-refractivity contribution is 5.79. The third-order valence-corrected chi connectivity index (χ3v) is 3.50. The molecule has 2 unspecified atom stereocenters. The Morgan fingerprint density at radius 3 is 2.89 bits per heavy atom. The van der Waals surface area contributed by atoms with Gasteiger partial charge in [0.25, 0.3) is 0 Å². The van der Waals surface area contributed by atoms with E-state index in [2.05, 4.69) is 17.6 Å². The van der Waals surface area contributed by atoms with Crippen LogP contribution in [0.4, 0.5) is 0 Å². The first kappa shape index (κ1) is 12.9. The highest BCUT2D eigenvalue weighted by Gasteiger charge is 2.29. The van der Waals surface area contributed by atoms with Crippen molar-refractivity contribution in [2.75, 3.05) is 20.2 Å². The van der Waals surface area contributed by atoms with E-state index in [-0.39, 0.29) is 11.8 Å². The van der Waals surface area contributed by atoms with E-state index in [0.29, 0.717) is 12.5 Å². The molecule has 1 fully saturated rings. The molecule has 0 aromatic heterocycles. The maximum absolute atomic E-state index is 12.0. The summed E-state index contributed by atoms with van der Waals surface area (Å²) in [5.41, 5.74) is 1.01. The highest BCUT2D eigenvalue weighted by atomic mass is 16.5. The predicted octanol–water partition coefficient (Wildman–Crippen LogP) is 1.17. The quantitative estimate of drug-likeness (QED) is 0.841. The zero-order valence-corrected chi connectivity index (χ0v) is 10.9. The molecule has 2 N–H and O–H groups in total. The fourth-order valence-corrected chi connectivity index (χ4v) is 2.32. The number of hydrogen-bond donors (Lipinski definition) is 2. The molecule has 1 saturated heterocycles. The Morgan fingerprint density at radius 2 is 2.22 bits per heavy atom. The monoisotopic (exact) mass is 248 g/mol. The lowest BCUT2D eigenvalue weighted by molar-refractivity contribution is -0.125. The fraction of sp³-hybridized carbons (Fsp3) is 0.500. The Hall–Kier alpha value is -1.55. The van der Waals surface area contributed by atoms with E-state index >= 15 is 0 Å². The van der Waals surface area contributed by atoms with Crippen LogP contribution in [0.25, 0.3) is 0 Å². The lowest BCUT2D eigenvalue weighted by atomic mass is 9.97. The smallest absolute Gasteiger partial charge is 0.224 e. The van der Waals surface area contributed by atoms with E-state index in [1.54, 1.807) is 7.11 Å². The molecule has 1 aliphatic heterocycles. The Kier molecular flexibility index (Phi) is 4.20. The van der Waals surface area contributed by atoms with E-state index in [1.165, 1.54) is 0 Å². The maximum atomic E-state index is 12.0. The second-order valence-corrected chi connectivity index (χ2v) is 4.77. The first-order valence-electron chi connectivity index (χ1n) is 6.32. The third-order valence-electron chi connectivity index (χ3n) is 3.50. The van der Waals surface area contributed by atoms with Crippen LogP contribution in [0.3, 0.4) is 0 Å². The molecular weight excluding hydrogens is 228 g/mol. The van der Waals surface area contributed by atoms with Gasteiger partial charge in [-0.25, -0.2) is 0 Å². The van der Waals surface area contributed by atoms with Gasteiger partial charge >= 0.3 is 0 Å². The van der Waals surface area contributed by atoms with Gasteiger partial charge in [0.15, 0.2) is 0 Å². The lowest BCUT2D eigenvalue weighted by Gasteiger charge is -2.15. The van der Waals surface area contributed by atoms with Crippen LogP contribution in [-0.2, 0) is 11.3 Å². The Labute approximate surface area is 108 Å². The average Bonchev–Trinajstić information content (AvgIpc) is 2.82. The van der Waals surface area contributed by atoms with Gasteiger partial charge in [0, 0.05) is 18.7 Å². The van der Waals surface area contributed by atoms with Crippen molar-refractivity contribution in [3.63, 3.8) is 0 Å². The van der Waals surface area contributed by atoms with Crippen LogP contribution in [0.15, 0.2) is 24.3 Å². The summed E-state index contributed by atoms with van der Waals surface area (Å²) in [4.78, 5) is 12.0. The fourth-order valence-electron chi connectivity index (χ4n) is 2.32. The van der Waals surface area contributed by atoms with Gasteiger partial charge in [0.05, 0.1) is 13.0 Å². The van der Waals surface area contributed by atoms with Crippen molar-refractivity contribution in [3.8, 4) is 5.75 Å². The molecule has 18 heavy (non-hydrogen) atoms. The van der Waals surface area contributed by atoms with Crippen molar-refractivity contribution in [1.29, 1.82) is 0 Å². The Balaban J connectivity index is 1.93. The minimum atomic E-state index is 0.0831. The number of nitrogens with one attached hydrogen (secondary N) is 2. The van der Waals surface area contributed by atoms with Crippen LogP contribution in [0.2, 0.25) is 0 Å². The van der Waals surface area contributed by atoms with Crippen LogP contribution < -0.4 is 15.4 Å². The predicted molar refractivity (Wildman–Crippen MR) is 70.4 cm³/mol. The van der Waals surface area contributed by atoms with Crippen LogP contribution >= 0.6 is 0 Å². The third kappa shape index (κ3) is 2.82. The molecule has 1 amide bonds. The van der Waals surface area contributed by atoms with Crippen molar-refractivity contribution in [3.05, 3.63) is 29.8 Å². The number of hydrogen-bond acceptors (Lipinski definition) is 3. The van der Waals surface area contributed by atoms with Crippen LogP contribution in [0, 0.1) is 11.8 Å². The summed E-state index contributed by atoms with van der Waals surface area (Å²) in [5, 5.41) is 6.23. The van der Waals surface area contributed by atoms with Gasteiger partial charge in [-0.15, -0.1) is 0 Å². The van der Waals surface area contributed by atoms with Crippen LogP contribution in [0.1, 0.15) is 12.5 Å². The van der Waals surface area contributed by atoms with Crippen molar-refractivity contribution in [1.82, 2.24) is 10.6 Å². The van der Waals surface area contributed by atoms with Gasteiger partial charge in [-0.2, -0.15) is 0 Å². The van der Waals surface area contributed by atoms with E-state index in [9.17, 15) is 4.79 Å². The van der Waals surface area contributed by atoms with E-state index in [0.717, 1.165) is 24.4 Å². The number of benzene rings is 1. The maximum Gasteiger partial charge on any atom is 0.224 e. The summed E-state index contributed by atoms with van der Waals surface area (Å²) in [5.74, 6) is 1.43. The molecule has 98 valence electrons. The molecule has 1 aromatic carbocycles. The molecule has 4 nitrogen and oxygen atoms in total. The molecule has 0 saturated carbocycles. The number of ether oxygens (including phenoxy) is 1. The normalized spacial score (nSPS) is 22.8. The molecule has 0 aliphatic carbocycles. The molecule has 0 bridgehead atoms. The van der Waals surface area contributed by atoms with Gasteiger partial charge in [-0.1, -0.05) is 25.1 Å². The summed E-state index contributed by atoms with van der Waals surface area (Å²) < 4.78 is 5.26. The number of carbonyl (C=O) groups is 1. The van der Waals surface area contributed by atoms with Crippen molar-refractivity contribution < 1.29 is 9.53 Å². The van der Waals surface area contributed by atoms with Gasteiger partial charge in [0.1, 0.15) is 5.75 Å². The zero-order valence-electron chi connectivity index (χ0n) is 10.9. The highest BCUT2D eigenvalue weighted by Crippen LogP contribution is 2.18. The molecule has 1 heterocycles. The van der Waals surface area contributed by atoms with Crippen LogP contribution in [-0.4, -0.2) is 26.1 Å². The van der Waals surface area contributed by atoms with E-state index < -0.39 is 0 Å². The molecule has 2 rings (SSSR count). The van der Waals surface area contributed by atoms with E-state index in [4.69, 9.17) is 4.74 Å². The number of amides is 1.